The summed E-state index contributed by atoms with van der Waals surface area (Å²) in [4.78, 5) is 72.5. The summed E-state index contributed by atoms with van der Waals surface area (Å²) in [7, 11) is 2.61. The van der Waals surface area contributed by atoms with Gasteiger partial charge in [-0.15, -0.1) is 0 Å². The molecule has 4 N–H and O–H groups in total. The number of ether oxygens (including phenoxy) is 2. The van der Waals surface area contributed by atoms with Gasteiger partial charge in [0.15, 0.2) is 0 Å². The monoisotopic (exact) mass is 790 g/mol. The Morgan fingerprint density at radius 3 is 1.29 bits per heavy atom. The van der Waals surface area contributed by atoms with E-state index in [1.54, 1.807) is 0 Å². The van der Waals surface area contributed by atoms with E-state index < -0.39 is 24.3 Å². The zero-order chi connectivity index (χ0) is 41.2. The third-order valence-electron chi connectivity index (χ3n) is 13.2. The van der Waals surface area contributed by atoms with Gasteiger partial charge >= 0.3 is 12.2 Å². The fraction of sp³-hybridized carbons (Fsp3) is 0.500. The van der Waals surface area contributed by atoms with Gasteiger partial charge in [0, 0.05) is 12.1 Å². The topological polar surface area (TPSA) is 175 Å². The SMILES string of the molecule is COC(=O)NC(C(=O)N1C2C(C[C@H]1c1ncc(-c3ccc(-c4ccc(-c5cnc([C@@H]6CC7C([C@H]7C)N6C(=O)C(NC(=O)OC)C(C)C)[nH]5)cc4)cc3)[nH]1)[C@@H]2C)C(C)C. The highest BCUT2D eigenvalue weighted by Gasteiger charge is 2.62. The summed E-state index contributed by atoms with van der Waals surface area (Å²) in [6.45, 7) is 12.0. The van der Waals surface area contributed by atoms with Gasteiger partial charge in [-0.05, 0) is 70.6 Å². The smallest absolute Gasteiger partial charge is 0.407 e. The summed E-state index contributed by atoms with van der Waals surface area (Å²) < 4.78 is 9.63. The minimum Gasteiger partial charge on any atom is -0.453 e. The molecule has 2 aliphatic heterocycles. The van der Waals surface area contributed by atoms with Gasteiger partial charge in [0.05, 0.1) is 50.1 Å². The Morgan fingerprint density at radius 2 is 0.966 bits per heavy atom. The van der Waals surface area contributed by atoms with Crippen molar-refractivity contribution in [2.75, 3.05) is 14.2 Å². The Morgan fingerprint density at radius 1 is 0.621 bits per heavy atom. The predicted octanol–water partition coefficient (Wildman–Crippen LogP) is 6.71. The third-order valence-corrected chi connectivity index (χ3v) is 13.2. The average molecular weight is 791 g/mol. The lowest BCUT2D eigenvalue weighted by Gasteiger charge is -2.32. The van der Waals surface area contributed by atoms with Crippen LogP contribution in [0.25, 0.3) is 33.6 Å². The fourth-order valence-electron chi connectivity index (χ4n) is 9.63. The highest BCUT2D eigenvalue weighted by Crippen LogP contribution is 2.58. The number of aromatic nitrogens is 4. The summed E-state index contributed by atoms with van der Waals surface area (Å²) in [6.07, 6.45) is 4.08. The molecule has 4 aromatic rings. The molecule has 2 saturated heterocycles. The van der Waals surface area contributed by atoms with E-state index >= 15 is 0 Å². The van der Waals surface area contributed by atoms with E-state index in [0.29, 0.717) is 23.7 Å². The third kappa shape index (κ3) is 7.00. The first kappa shape index (κ1) is 39.2. The molecule has 10 atom stereocenters. The summed E-state index contributed by atoms with van der Waals surface area (Å²) >= 11 is 0. The number of carbonyl (C=O) groups excluding carboxylic acids is 4. The van der Waals surface area contributed by atoms with Crippen LogP contribution in [0.15, 0.2) is 60.9 Å². The number of amides is 4. The van der Waals surface area contributed by atoms with Crippen molar-refractivity contribution in [3.63, 3.8) is 0 Å². The summed E-state index contributed by atoms with van der Waals surface area (Å²) in [5, 5.41) is 5.50. The van der Waals surface area contributed by atoms with Crippen LogP contribution in [0.2, 0.25) is 0 Å². The molecule has 14 heteroatoms. The van der Waals surface area contributed by atoms with Gasteiger partial charge in [0.25, 0.3) is 0 Å². The molecule has 2 aromatic carbocycles. The van der Waals surface area contributed by atoms with Crippen molar-refractivity contribution in [1.29, 1.82) is 0 Å². The van der Waals surface area contributed by atoms with Gasteiger partial charge in [-0.25, -0.2) is 19.6 Å². The van der Waals surface area contributed by atoms with Crippen molar-refractivity contribution in [3.05, 3.63) is 72.6 Å². The van der Waals surface area contributed by atoms with Crippen LogP contribution in [0, 0.1) is 35.5 Å². The van der Waals surface area contributed by atoms with Crippen LogP contribution in [0.4, 0.5) is 9.59 Å². The number of aromatic amines is 2. The molecule has 2 saturated carbocycles. The molecule has 8 rings (SSSR count). The Kier molecular flexibility index (Phi) is 10.3. The molecule has 0 radical (unpaired) electrons. The zero-order valence-corrected chi connectivity index (χ0v) is 34.4. The lowest BCUT2D eigenvalue weighted by atomic mass is 10.0. The Balaban J connectivity index is 0.942. The average Bonchev–Trinajstić information content (AvgIpc) is 3.71. The van der Waals surface area contributed by atoms with Crippen molar-refractivity contribution < 1.29 is 28.7 Å². The number of hydrogen-bond acceptors (Lipinski definition) is 8. The summed E-state index contributed by atoms with van der Waals surface area (Å²) in [6, 6.07) is 15.1. The molecule has 6 unspecified atom stereocenters. The maximum atomic E-state index is 13.9. The van der Waals surface area contributed by atoms with E-state index in [1.807, 2.05) is 49.9 Å². The number of nitrogens with one attached hydrogen (secondary N) is 4. The van der Waals surface area contributed by atoms with E-state index in [1.165, 1.54) is 14.2 Å². The molecule has 14 nitrogen and oxygen atoms in total. The van der Waals surface area contributed by atoms with Crippen molar-refractivity contribution in [3.8, 4) is 33.6 Å². The number of imidazole rings is 2. The van der Waals surface area contributed by atoms with Gasteiger partial charge in [0.1, 0.15) is 23.7 Å². The second-order valence-corrected chi connectivity index (χ2v) is 17.3. The van der Waals surface area contributed by atoms with Crippen LogP contribution in [0.3, 0.4) is 0 Å². The highest BCUT2D eigenvalue weighted by molar-refractivity contribution is 5.88. The molecule has 2 aliphatic carbocycles. The number of alkyl carbamates (subject to hydrolysis) is 2. The molecule has 2 aromatic heterocycles. The van der Waals surface area contributed by atoms with Gasteiger partial charge in [-0.3, -0.25) is 9.59 Å². The number of fused-ring (bicyclic) bond motifs is 2. The molecule has 4 heterocycles. The van der Waals surface area contributed by atoms with Gasteiger partial charge in [-0.1, -0.05) is 90.1 Å². The van der Waals surface area contributed by atoms with Crippen molar-refractivity contribution in [1.82, 2.24) is 40.4 Å². The van der Waals surface area contributed by atoms with Crippen LogP contribution in [0.5, 0.6) is 0 Å². The molecule has 306 valence electrons. The van der Waals surface area contributed by atoms with Crippen LogP contribution in [-0.4, -0.2) is 92.1 Å². The van der Waals surface area contributed by atoms with Crippen molar-refractivity contribution >= 4 is 24.0 Å². The molecule has 58 heavy (non-hydrogen) atoms. The number of H-pyrrole nitrogens is 2. The number of piperidine rings is 2. The standard InChI is InChI=1S/C44H54N8O6/c1-21(2)35(49-43(55)57-7)41(53)51-33(17-29-23(5)37(29)51)39-45-19-31(47-39)27-13-9-25(10-14-27)26-11-15-28(16-12-26)32-20-46-40(48-32)34-18-30-24(6)38(30)52(34)42(54)36(22(3)4)50-44(56)58-8/h9-16,19-24,29-30,33-38H,17-18H2,1-8H3,(H,45,47)(H,46,48)(H,49,55)(H,50,56)/t23-,24-,29?,30?,33-,34-,35?,36?,37?,38?/m0/s1. The van der Waals surface area contributed by atoms with Gasteiger partial charge in [-0.2, -0.15) is 0 Å². The van der Waals surface area contributed by atoms with E-state index in [9.17, 15) is 19.2 Å². The van der Waals surface area contributed by atoms with E-state index in [-0.39, 0.29) is 47.8 Å². The quantitative estimate of drug-likeness (QED) is 0.130. The van der Waals surface area contributed by atoms with E-state index in [2.05, 4.69) is 83.0 Å². The Hall–Kier alpha value is -5.66. The first-order chi connectivity index (χ1) is 27.8. The predicted molar refractivity (Wildman–Crippen MR) is 217 cm³/mol. The fourth-order valence-corrected chi connectivity index (χ4v) is 9.63. The van der Waals surface area contributed by atoms with Crippen molar-refractivity contribution in [2.24, 2.45) is 35.5 Å². The lowest BCUT2D eigenvalue weighted by Crippen LogP contribution is -2.52. The van der Waals surface area contributed by atoms with Gasteiger partial charge in [0.2, 0.25) is 11.8 Å². The second kappa shape index (κ2) is 15.3. The molecule has 4 amide bonds. The molecular formula is C44H54N8O6. The number of nitrogens with zero attached hydrogens (tertiary/aromatic N) is 4. The Labute approximate surface area is 338 Å². The maximum absolute atomic E-state index is 13.9. The molecule has 4 fully saturated rings. The number of carbonyl (C=O) groups is 4. The number of rotatable bonds is 11. The first-order valence-corrected chi connectivity index (χ1v) is 20.5. The normalized spacial score (nSPS) is 26.5. The molecule has 0 bridgehead atoms. The van der Waals surface area contributed by atoms with Crippen LogP contribution < -0.4 is 10.6 Å². The first-order valence-electron chi connectivity index (χ1n) is 20.5. The van der Waals surface area contributed by atoms with E-state index in [0.717, 1.165) is 58.1 Å². The number of methoxy groups -OCH3 is 2. The lowest BCUT2D eigenvalue weighted by molar-refractivity contribution is -0.137. The second-order valence-electron chi connectivity index (χ2n) is 17.3. The molecule has 4 aliphatic rings. The largest absolute Gasteiger partial charge is 0.453 e. The minimum atomic E-state index is -0.689. The zero-order valence-electron chi connectivity index (χ0n) is 34.4. The highest BCUT2D eigenvalue weighted by atomic mass is 16.5. The van der Waals surface area contributed by atoms with Crippen molar-refractivity contribution in [2.45, 2.75) is 90.6 Å². The minimum absolute atomic E-state index is 0.104. The summed E-state index contributed by atoms with van der Waals surface area (Å²) in [5.41, 5.74) is 5.84. The number of likely N-dealkylation sites (tertiary alicyclic amines) is 2. The molecule has 0 spiro atoms. The Bertz CT molecular complexity index is 2030. The van der Waals surface area contributed by atoms with Crippen LogP contribution >= 0.6 is 0 Å². The van der Waals surface area contributed by atoms with Crippen LogP contribution in [0.1, 0.15) is 78.1 Å². The summed E-state index contributed by atoms with van der Waals surface area (Å²) in [5.74, 6) is 2.73. The molecular weight excluding hydrogens is 737 g/mol. The van der Waals surface area contributed by atoms with Crippen LogP contribution in [-0.2, 0) is 19.1 Å². The maximum Gasteiger partial charge on any atom is 0.407 e. The number of benzene rings is 2. The van der Waals surface area contributed by atoms with E-state index in [4.69, 9.17) is 19.4 Å². The van der Waals surface area contributed by atoms with Gasteiger partial charge < -0.3 is 39.9 Å². The number of hydrogen-bond donors (Lipinski definition) is 4.